The second kappa shape index (κ2) is 11.2. The van der Waals surface area contributed by atoms with Crippen LogP contribution < -0.4 is 5.32 Å². The van der Waals surface area contributed by atoms with Gasteiger partial charge in [0.15, 0.2) is 5.78 Å². The van der Waals surface area contributed by atoms with Gasteiger partial charge >= 0.3 is 5.69 Å². The van der Waals surface area contributed by atoms with E-state index in [1.165, 1.54) is 18.3 Å². The minimum atomic E-state index is -0.526. The molecule has 1 fully saturated rings. The number of aryl methyl sites for hydroxylation is 1. The fourth-order valence-electron chi connectivity index (χ4n) is 3.78. The zero-order chi connectivity index (χ0) is 24.8. The first kappa shape index (κ1) is 25.3. The number of allylic oxidation sites excluding steroid dienone is 4. The molecule has 0 saturated carbocycles. The van der Waals surface area contributed by atoms with E-state index in [0.717, 1.165) is 38.4 Å². The summed E-state index contributed by atoms with van der Waals surface area (Å²) in [5, 5.41) is 21.2. The van der Waals surface area contributed by atoms with Crippen LogP contribution >= 0.6 is 11.6 Å². The number of nitro groups is 1. The second-order valence-electron chi connectivity index (χ2n) is 7.91. The summed E-state index contributed by atoms with van der Waals surface area (Å²) in [6, 6.07) is 1.72. The maximum Gasteiger partial charge on any atom is 0.333 e. The van der Waals surface area contributed by atoms with E-state index in [1.54, 1.807) is 13.0 Å². The molecule has 0 aliphatic carbocycles. The smallest absolute Gasteiger partial charge is 0.332 e. The Kier molecular flexibility index (Phi) is 8.32. The number of anilines is 2. The van der Waals surface area contributed by atoms with E-state index in [-0.39, 0.29) is 27.7 Å². The molecule has 10 nitrogen and oxygen atoms in total. The van der Waals surface area contributed by atoms with E-state index < -0.39 is 10.7 Å². The molecule has 0 bridgehead atoms. The normalized spacial score (nSPS) is 15.2. The van der Waals surface area contributed by atoms with Crippen molar-refractivity contribution in [3.8, 4) is 0 Å². The highest BCUT2D eigenvalue weighted by molar-refractivity contribution is 6.36. The Morgan fingerprint density at radius 1 is 1.35 bits per heavy atom. The number of pyridine rings is 1. The lowest BCUT2D eigenvalue weighted by Crippen LogP contribution is -2.45. The molecule has 2 N–H and O–H groups in total. The number of ketones is 1. The number of H-pyrrole nitrogens is 1. The van der Waals surface area contributed by atoms with Gasteiger partial charge in [0.2, 0.25) is 5.82 Å². The third-order valence-corrected chi connectivity index (χ3v) is 5.88. The SMILES string of the molecule is C=C/C=C(\C(=C)Cl)C(=O)c1cnc(CN2CCN(CC)CC2)cc1Nc1n[nH]c(C)c1[N+](=O)[O-]. The lowest BCUT2D eigenvalue weighted by atomic mass is 10.0. The average molecular weight is 486 g/mol. The number of hydrogen-bond acceptors (Lipinski definition) is 8. The zero-order valence-corrected chi connectivity index (χ0v) is 20.1. The van der Waals surface area contributed by atoms with Gasteiger partial charge in [0.25, 0.3) is 0 Å². The van der Waals surface area contributed by atoms with Crippen molar-refractivity contribution in [1.82, 2.24) is 25.0 Å². The van der Waals surface area contributed by atoms with Gasteiger partial charge in [-0.25, -0.2) is 0 Å². The number of carbonyl (C=O) groups excluding carboxylic acids is 1. The van der Waals surface area contributed by atoms with Gasteiger partial charge in [0.1, 0.15) is 5.69 Å². The summed E-state index contributed by atoms with van der Waals surface area (Å²) in [5.74, 6) is -0.433. The zero-order valence-electron chi connectivity index (χ0n) is 19.3. The lowest BCUT2D eigenvalue weighted by Gasteiger charge is -2.33. The van der Waals surface area contributed by atoms with Crippen LogP contribution in [0.3, 0.4) is 0 Å². The van der Waals surface area contributed by atoms with Crippen LogP contribution in [-0.2, 0) is 6.54 Å². The highest BCUT2D eigenvalue weighted by Crippen LogP contribution is 2.31. The summed E-state index contributed by atoms with van der Waals surface area (Å²) in [7, 11) is 0. The van der Waals surface area contributed by atoms with Crippen LogP contribution in [0.4, 0.5) is 17.2 Å². The van der Waals surface area contributed by atoms with Crippen LogP contribution in [-0.4, -0.2) is 68.4 Å². The van der Waals surface area contributed by atoms with E-state index >= 15 is 0 Å². The largest absolute Gasteiger partial charge is 0.333 e. The summed E-state index contributed by atoms with van der Waals surface area (Å²) in [6.07, 6.45) is 4.35. The van der Waals surface area contributed by atoms with Gasteiger partial charge in [-0.15, -0.1) is 5.10 Å². The molecule has 180 valence electrons. The molecule has 0 radical (unpaired) electrons. The maximum absolute atomic E-state index is 13.3. The van der Waals surface area contributed by atoms with Gasteiger partial charge in [-0.2, -0.15) is 0 Å². The number of Topliss-reactive ketones (excluding diaryl/α,β-unsaturated/α-hetero) is 1. The molecule has 0 atom stereocenters. The molecule has 1 aliphatic rings. The molecule has 0 aromatic carbocycles. The van der Waals surface area contributed by atoms with Gasteiger partial charge < -0.3 is 10.2 Å². The number of piperazine rings is 1. The quantitative estimate of drug-likeness (QED) is 0.170. The van der Waals surface area contributed by atoms with Gasteiger partial charge in [0.05, 0.1) is 21.9 Å². The van der Waals surface area contributed by atoms with Crippen molar-refractivity contribution in [1.29, 1.82) is 0 Å². The molecule has 1 aliphatic heterocycles. The standard InChI is InChI=1S/C23H28ClN7O3/c1-5-7-18(15(3)24)22(32)19-13-25-17(14-30-10-8-29(6-2)9-11-30)12-20(19)26-23-21(31(33)34)16(4)27-28-23/h5,7,12-13H,1,3,6,8-11,14H2,2,4H3,(H2,25,26,27,28)/b18-7+. The van der Waals surface area contributed by atoms with Crippen molar-refractivity contribution in [2.45, 2.75) is 20.4 Å². The van der Waals surface area contributed by atoms with Crippen LogP contribution in [0.15, 0.2) is 48.2 Å². The predicted molar refractivity (Wildman–Crippen MR) is 132 cm³/mol. The minimum Gasteiger partial charge on any atom is -0.332 e. The maximum atomic E-state index is 13.3. The molecule has 0 spiro atoms. The number of aromatic nitrogens is 3. The number of nitrogens with zero attached hydrogens (tertiary/aromatic N) is 5. The summed E-state index contributed by atoms with van der Waals surface area (Å²) in [5.41, 5.74) is 1.49. The predicted octanol–water partition coefficient (Wildman–Crippen LogP) is 3.95. The Hall–Kier alpha value is -3.34. The van der Waals surface area contributed by atoms with E-state index in [0.29, 0.717) is 17.9 Å². The van der Waals surface area contributed by atoms with Gasteiger partial charge in [0, 0.05) is 49.5 Å². The van der Waals surface area contributed by atoms with Crippen molar-refractivity contribution in [3.05, 3.63) is 75.2 Å². The number of nitrogens with one attached hydrogen (secondary N) is 2. The molecule has 1 saturated heterocycles. The Balaban J connectivity index is 1.98. The summed E-state index contributed by atoms with van der Waals surface area (Å²) in [6.45, 7) is 16.3. The van der Waals surface area contributed by atoms with Crippen LogP contribution in [0.2, 0.25) is 0 Å². The Labute approximate surface area is 203 Å². The number of rotatable bonds is 10. The number of likely N-dealkylation sites (N-methyl/N-ethyl adjacent to an activating group) is 1. The Morgan fingerprint density at radius 2 is 2.03 bits per heavy atom. The van der Waals surface area contributed by atoms with Crippen LogP contribution in [0.1, 0.15) is 28.7 Å². The number of aromatic amines is 1. The van der Waals surface area contributed by atoms with Crippen LogP contribution in [0, 0.1) is 17.0 Å². The monoisotopic (exact) mass is 485 g/mol. The molecular weight excluding hydrogens is 458 g/mol. The molecule has 34 heavy (non-hydrogen) atoms. The van der Waals surface area contributed by atoms with E-state index in [2.05, 4.69) is 50.4 Å². The molecule has 0 unspecified atom stereocenters. The Morgan fingerprint density at radius 3 is 2.62 bits per heavy atom. The number of halogens is 1. The molecule has 2 aromatic rings. The fraction of sp³-hybridized carbons (Fsp3) is 0.348. The van der Waals surface area contributed by atoms with Crippen LogP contribution in [0.5, 0.6) is 0 Å². The molecular formula is C23H28ClN7O3. The average Bonchev–Trinajstić information content (AvgIpc) is 3.17. The van der Waals surface area contributed by atoms with Crippen molar-refractivity contribution in [2.75, 3.05) is 38.0 Å². The van der Waals surface area contributed by atoms with Gasteiger partial charge in [-0.05, 0) is 19.5 Å². The number of hydrogen-bond donors (Lipinski definition) is 2. The fourth-order valence-corrected chi connectivity index (χ4v) is 3.92. The second-order valence-corrected chi connectivity index (χ2v) is 8.37. The first-order valence-electron chi connectivity index (χ1n) is 10.9. The topological polar surface area (TPSA) is 120 Å². The molecule has 0 amide bonds. The summed E-state index contributed by atoms with van der Waals surface area (Å²) >= 11 is 6.04. The number of carbonyl (C=O) groups is 1. The third kappa shape index (κ3) is 5.77. The first-order valence-corrected chi connectivity index (χ1v) is 11.2. The molecule has 2 aromatic heterocycles. The highest BCUT2D eigenvalue weighted by Gasteiger charge is 2.25. The van der Waals surface area contributed by atoms with Crippen molar-refractivity contribution in [3.63, 3.8) is 0 Å². The van der Waals surface area contributed by atoms with Gasteiger partial charge in [-0.1, -0.05) is 43.8 Å². The first-order chi connectivity index (χ1) is 16.2. The van der Waals surface area contributed by atoms with E-state index in [9.17, 15) is 14.9 Å². The molecule has 3 heterocycles. The van der Waals surface area contributed by atoms with Crippen molar-refractivity contribution < 1.29 is 9.72 Å². The summed E-state index contributed by atoms with van der Waals surface area (Å²) < 4.78 is 0. The van der Waals surface area contributed by atoms with Crippen LogP contribution in [0.25, 0.3) is 0 Å². The van der Waals surface area contributed by atoms with Crippen molar-refractivity contribution >= 4 is 34.6 Å². The minimum absolute atomic E-state index is 0.00390. The van der Waals surface area contributed by atoms with E-state index in [4.69, 9.17) is 11.6 Å². The Bertz CT molecular complexity index is 1130. The highest BCUT2D eigenvalue weighted by atomic mass is 35.5. The summed E-state index contributed by atoms with van der Waals surface area (Å²) in [4.78, 5) is 33.4. The van der Waals surface area contributed by atoms with Crippen molar-refractivity contribution in [2.24, 2.45) is 0 Å². The molecule has 11 heteroatoms. The lowest BCUT2D eigenvalue weighted by molar-refractivity contribution is -0.384. The van der Waals surface area contributed by atoms with Gasteiger partial charge in [-0.3, -0.25) is 29.9 Å². The molecule has 3 rings (SSSR count). The third-order valence-electron chi connectivity index (χ3n) is 5.67. The van der Waals surface area contributed by atoms with E-state index in [1.807, 2.05) is 0 Å².